The first-order valence-electron chi connectivity index (χ1n) is 8.88. The third kappa shape index (κ3) is 4.10. The number of halogens is 1. The summed E-state index contributed by atoms with van der Waals surface area (Å²) in [5.74, 6) is -0.0778. The smallest absolute Gasteiger partial charge is 0.225 e. The summed E-state index contributed by atoms with van der Waals surface area (Å²) in [6.07, 6.45) is 2.04. The van der Waals surface area contributed by atoms with E-state index in [4.69, 9.17) is 11.6 Å². The van der Waals surface area contributed by atoms with Gasteiger partial charge in [0.25, 0.3) is 0 Å². The Morgan fingerprint density at radius 2 is 2.04 bits per heavy atom. The number of hydrogen-bond donors (Lipinski definition) is 1. The SMILES string of the molecule is CCC1c2ccsc2CCN1C(=O)CC(NC(C)=O)c1ccc(Cl)cc1. The quantitative estimate of drug-likeness (QED) is 0.816. The fraction of sp³-hybridized carbons (Fsp3) is 0.400. The molecule has 1 aliphatic rings. The van der Waals surface area contributed by atoms with Gasteiger partial charge in [-0.25, -0.2) is 0 Å². The zero-order valence-corrected chi connectivity index (χ0v) is 16.6. The van der Waals surface area contributed by atoms with Crippen LogP contribution in [-0.2, 0) is 16.0 Å². The predicted octanol–water partition coefficient (Wildman–Crippen LogP) is 4.50. The topological polar surface area (TPSA) is 49.4 Å². The van der Waals surface area contributed by atoms with Crippen LogP contribution in [0.3, 0.4) is 0 Å². The van der Waals surface area contributed by atoms with Crippen LogP contribution in [0.4, 0.5) is 0 Å². The van der Waals surface area contributed by atoms with Crippen molar-refractivity contribution in [3.05, 3.63) is 56.7 Å². The molecule has 138 valence electrons. The molecule has 4 nitrogen and oxygen atoms in total. The molecule has 1 N–H and O–H groups in total. The first-order valence-corrected chi connectivity index (χ1v) is 10.1. The van der Waals surface area contributed by atoms with E-state index in [1.54, 1.807) is 23.5 Å². The van der Waals surface area contributed by atoms with Crippen molar-refractivity contribution in [2.24, 2.45) is 0 Å². The molecule has 1 aromatic heterocycles. The maximum absolute atomic E-state index is 13.1. The second-order valence-electron chi connectivity index (χ2n) is 6.57. The average molecular weight is 391 g/mol. The summed E-state index contributed by atoms with van der Waals surface area (Å²) in [6.45, 7) is 4.32. The third-order valence-electron chi connectivity index (χ3n) is 4.83. The van der Waals surface area contributed by atoms with Crippen LogP contribution in [0.15, 0.2) is 35.7 Å². The highest BCUT2D eigenvalue weighted by molar-refractivity contribution is 7.10. The Morgan fingerprint density at radius 1 is 1.31 bits per heavy atom. The molecule has 0 saturated heterocycles. The Kier molecular flexibility index (Phi) is 5.99. The normalized spacial score (nSPS) is 17.5. The molecule has 1 aromatic carbocycles. The minimum atomic E-state index is -0.348. The van der Waals surface area contributed by atoms with Gasteiger partial charge in [0.15, 0.2) is 0 Å². The van der Waals surface area contributed by atoms with Gasteiger partial charge >= 0.3 is 0 Å². The number of benzene rings is 1. The Hall–Kier alpha value is -1.85. The molecule has 0 radical (unpaired) electrons. The molecule has 0 fully saturated rings. The molecule has 3 rings (SSSR count). The highest BCUT2D eigenvalue weighted by Crippen LogP contribution is 2.36. The van der Waals surface area contributed by atoms with Crippen molar-refractivity contribution in [1.82, 2.24) is 10.2 Å². The van der Waals surface area contributed by atoms with Crippen LogP contribution < -0.4 is 5.32 Å². The van der Waals surface area contributed by atoms with E-state index in [9.17, 15) is 9.59 Å². The van der Waals surface area contributed by atoms with Crippen molar-refractivity contribution in [2.75, 3.05) is 6.54 Å². The summed E-state index contributed by atoms with van der Waals surface area (Å²) in [5, 5.41) is 5.64. The number of fused-ring (bicyclic) bond motifs is 1. The van der Waals surface area contributed by atoms with Crippen LogP contribution in [0.1, 0.15) is 54.8 Å². The highest BCUT2D eigenvalue weighted by atomic mass is 35.5. The summed E-state index contributed by atoms with van der Waals surface area (Å²) in [6, 6.07) is 9.20. The lowest BCUT2D eigenvalue weighted by molar-refractivity contribution is -0.135. The molecule has 2 aromatic rings. The maximum atomic E-state index is 13.1. The Labute approximate surface area is 163 Å². The highest BCUT2D eigenvalue weighted by Gasteiger charge is 2.31. The first-order chi connectivity index (χ1) is 12.5. The third-order valence-corrected chi connectivity index (χ3v) is 6.08. The number of nitrogens with zero attached hydrogens (tertiary/aromatic N) is 1. The van der Waals surface area contributed by atoms with E-state index in [-0.39, 0.29) is 30.3 Å². The van der Waals surface area contributed by atoms with Crippen LogP contribution in [0.5, 0.6) is 0 Å². The van der Waals surface area contributed by atoms with Crippen molar-refractivity contribution < 1.29 is 9.59 Å². The van der Waals surface area contributed by atoms with Gasteiger partial charge in [0.1, 0.15) is 0 Å². The number of nitrogens with one attached hydrogen (secondary N) is 1. The molecule has 0 saturated carbocycles. The molecule has 1 aliphatic heterocycles. The lowest BCUT2D eigenvalue weighted by atomic mass is 9.96. The number of amides is 2. The number of carbonyl (C=O) groups is 2. The minimum absolute atomic E-state index is 0.0717. The standard InChI is InChI=1S/C20H23ClN2O2S/c1-3-18-16-9-11-26-19(16)8-10-23(18)20(25)12-17(22-13(2)24)14-4-6-15(21)7-5-14/h4-7,9,11,17-18H,3,8,10,12H2,1-2H3,(H,22,24). The van der Waals surface area contributed by atoms with Gasteiger partial charge in [-0.2, -0.15) is 0 Å². The monoisotopic (exact) mass is 390 g/mol. The molecular formula is C20H23ClN2O2S. The van der Waals surface area contributed by atoms with Crippen LogP contribution in [0.25, 0.3) is 0 Å². The maximum Gasteiger partial charge on any atom is 0.225 e. The molecule has 0 spiro atoms. The van der Waals surface area contributed by atoms with E-state index in [1.807, 2.05) is 17.0 Å². The number of hydrogen-bond acceptors (Lipinski definition) is 3. The second kappa shape index (κ2) is 8.23. The van der Waals surface area contributed by atoms with Gasteiger partial charge in [0, 0.05) is 23.4 Å². The lowest BCUT2D eigenvalue weighted by Gasteiger charge is -2.36. The van der Waals surface area contributed by atoms with E-state index in [2.05, 4.69) is 23.7 Å². The van der Waals surface area contributed by atoms with E-state index < -0.39 is 0 Å². The minimum Gasteiger partial charge on any atom is -0.349 e. The Morgan fingerprint density at radius 3 is 2.69 bits per heavy atom. The van der Waals surface area contributed by atoms with Crippen molar-refractivity contribution in [2.45, 2.75) is 45.2 Å². The summed E-state index contributed by atoms with van der Waals surface area (Å²) in [4.78, 5) is 28.1. The van der Waals surface area contributed by atoms with Crippen molar-refractivity contribution in [3.8, 4) is 0 Å². The second-order valence-corrected chi connectivity index (χ2v) is 8.01. The zero-order chi connectivity index (χ0) is 18.7. The van der Waals surface area contributed by atoms with Gasteiger partial charge in [-0.05, 0) is 47.5 Å². The zero-order valence-electron chi connectivity index (χ0n) is 15.0. The van der Waals surface area contributed by atoms with Crippen molar-refractivity contribution in [1.29, 1.82) is 0 Å². The van der Waals surface area contributed by atoms with Crippen molar-refractivity contribution in [3.63, 3.8) is 0 Å². The lowest BCUT2D eigenvalue weighted by Crippen LogP contribution is -2.41. The fourth-order valence-corrected chi connectivity index (χ4v) is 4.67. The molecule has 6 heteroatoms. The largest absolute Gasteiger partial charge is 0.349 e. The summed E-state index contributed by atoms with van der Waals surface area (Å²) >= 11 is 7.73. The molecule has 26 heavy (non-hydrogen) atoms. The number of thiophene rings is 1. The summed E-state index contributed by atoms with van der Waals surface area (Å²) in [7, 11) is 0. The molecule has 2 heterocycles. The van der Waals surface area contributed by atoms with E-state index in [0.29, 0.717) is 5.02 Å². The van der Waals surface area contributed by atoms with E-state index >= 15 is 0 Å². The Balaban J connectivity index is 1.79. The van der Waals surface area contributed by atoms with Crippen LogP contribution >= 0.6 is 22.9 Å². The van der Waals surface area contributed by atoms with Gasteiger partial charge in [0.2, 0.25) is 11.8 Å². The molecule has 2 unspecified atom stereocenters. The molecular weight excluding hydrogens is 368 g/mol. The van der Waals surface area contributed by atoms with Gasteiger partial charge in [-0.3, -0.25) is 9.59 Å². The van der Waals surface area contributed by atoms with Gasteiger partial charge in [-0.15, -0.1) is 11.3 Å². The van der Waals surface area contributed by atoms with E-state index in [1.165, 1.54) is 17.4 Å². The number of rotatable bonds is 5. The fourth-order valence-electron chi connectivity index (χ4n) is 3.62. The summed E-state index contributed by atoms with van der Waals surface area (Å²) < 4.78 is 0. The van der Waals surface area contributed by atoms with Crippen molar-refractivity contribution >= 4 is 34.8 Å². The summed E-state index contributed by atoms with van der Waals surface area (Å²) in [5.41, 5.74) is 2.17. The molecule has 2 atom stereocenters. The Bertz CT molecular complexity index is 787. The molecule has 2 amide bonds. The van der Waals surface area contributed by atoms with Crippen LogP contribution in [0, 0.1) is 0 Å². The van der Waals surface area contributed by atoms with Gasteiger partial charge in [-0.1, -0.05) is 30.7 Å². The van der Waals surface area contributed by atoms with Gasteiger partial charge in [0.05, 0.1) is 18.5 Å². The molecule has 0 bridgehead atoms. The predicted molar refractivity (Wildman–Crippen MR) is 105 cm³/mol. The number of carbonyl (C=O) groups excluding carboxylic acids is 2. The molecule has 0 aliphatic carbocycles. The first kappa shape index (κ1) is 18.9. The van der Waals surface area contributed by atoms with E-state index in [0.717, 1.165) is 24.9 Å². The van der Waals surface area contributed by atoms with Crippen LogP contribution in [0.2, 0.25) is 5.02 Å². The average Bonchev–Trinajstić information content (AvgIpc) is 3.09. The van der Waals surface area contributed by atoms with Gasteiger partial charge < -0.3 is 10.2 Å². The van der Waals surface area contributed by atoms with Crippen LogP contribution in [-0.4, -0.2) is 23.3 Å².